The topological polar surface area (TPSA) is 59.0 Å². The van der Waals surface area contributed by atoms with Crippen LogP contribution in [-0.4, -0.2) is 21.9 Å². The molecule has 0 saturated heterocycles. The van der Waals surface area contributed by atoms with Gasteiger partial charge in [-0.25, -0.2) is 4.68 Å². The second-order valence-corrected chi connectivity index (χ2v) is 9.21. The van der Waals surface area contributed by atoms with Crippen molar-refractivity contribution in [1.82, 2.24) is 9.78 Å². The van der Waals surface area contributed by atoms with E-state index in [1.54, 1.807) is 24.3 Å². The Bertz CT molecular complexity index is 1180. The van der Waals surface area contributed by atoms with Gasteiger partial charge in [0.25, 0.3) is 5.91 Å². The molecule has 0 aliphatic carbocycles. The molecule has 168 valence electrons. The van der Waals surface area contributed by atoms with Crippen LogP contribution >= 0.6 is 50.7 Å². The zero-order valence-electron chi connectivity index (χ0n) is 15.9. The maximum absolute atomic E-state index is 13.9. The van der Waals surface area contributed by atoms with Crippen LogP contribution in [0.3, 0.4) is 0 Å². The Morgan fingerprint density at radius 3 is 2.50 bits per heavy atom. The molecule has 0 fully saturated rings. The summed E-state index contributed by atoms with van der Waals surface area (Å²) in [5, 5.41) is 9.66. The molecule has 1 amide bonds. The fourth-order valence-electron chi connectivity index (χ4n) is 3.42. The van der Waals surface area contributed by atoms with E-state index in [9.17, 15) is 18.0 Å². The normalized spacial score (nSPS) is 18.1. The minimum atomic E-state index is -4.61. The number of aromatic nitrogens is 2. The van der Waals surface area contributed by atoms with Gasteiger partial charge in [0.1, 0.15) is 10.8 Å². The van der Waals surface area contributed by atoms with Crippen LogP contribution in [0.25, 0.3) is 0 Å². The molecule has 1 aromatic heterocycles. The molecule has 5 nitrogen and oxygen atoms in total. The third-order valence-electron chi connectivity index (χ3n) is 4.96. The van der Waals surface area contributed by atoms with Crippen LogP contribution in [0.1, 0.15) is 34.6 Å². The van der Waals surface area contributed by atoms with E-state index >= 15 is 0 Å². The molecule has 2 aromatic carbocycles. The number of nitrogens with zero attached hydrogens (tertiary/aromatic N) is 2. The number of nitrogens with one attached hydrogen (secondary N) is 2. The molecule has 0 radical (unpaired) electrons. The number of hydrogen-bond acceptors (Lipinski definition) is 3. The van der Waals surface area contributed by atoms with E-state index in [1.165, 1.54) is 18.2 Å². The predicted octanol–water partition coefficient (Wildman–Crippen LogP) is 7.52. The Hall–Kier alpha value is -1.94. The molecule has 2 N–H and O–H groups in total. The highest BCUT2D eigenvalue weighted by Crippen LogP contribution is 2.46. The summed E-state index contributed by atoms with van der Waals surface area (Å²) in [6, 6.07) is 8.66. The fourth-order valence-corrected chi connectivity index (χ4v) is 4.29. The summed E-state index contributed by atoms with van der Waals surface area (Å²) < 4.78 is 43.2. The highest BCUT2D eigenvalue weighted by Gasteiger charge is 2.47. The van der Waals surface area contributed by atoms with Crippen molar-refractivity contribution >= 4 is 68.1 Å². The van der Waals surface area contributed by atoms with Crippen LogP contribution in [0, 0.1) is 0 Å². The van der Waals surface area contributed by atoms with Crippen molar-refractivity contribution in [1.29, 1.82) is 0 Å². The third kappa shape index (κ3) is 4.57. The highest BCUT2D eigenvalue weighted by molar-refractivity contribution is 9.10. The van der Waals surface area contributed by atoms with E-state index in [0.29, 0.717) is 15.3 Å². The van der Waals surface area contributed by atoms with Crippen LogP contribution in [0.4, 0.5) is 24.7 Å². The van der Waals surface area contributed by atoms with Gasteiger partial charge in [-0.15, -0.1) is 0 Å². The molecule has 2 unspecified atom stereocenters. The van der Waals surface area contributed by atoms with Crippen LogP contribution in [0.5, 0.6) is 0 Å². The van der Waals surface area contributed by atoms with Crippen molar-refractivity contribution in [3.8, 4) is 0 Å². The van der Waals surface area contributed by atoms with Crippen molar-refractivity contribution in [3.63, 3.8) is 0 Å². The predicted molar refractivity (Wildman–Crippen MR) is 122 cm³/mol. The monoisotopic (exact) mass is 566 g/mol. The smallest absolute Gasteiger partial charge is 0.362 e. The lowest BCUT2D eigenvalue weighted by atomic mass is 9.97. The highest BCUT2D eigenvalue weighted by atomic mass is 79.9. The van der Waals surface area contributed by atoms with Crippen molar-refractivity contribution in [2.24, 2.45) is 0 Å². The number of carbonyl (C=O) groups excluding carboxylic acids is 1. The van der Waals surface area contributed by atoms with Crippen molar-refractivity contribution in [3.05, 3.63) is 73.3 Å². The maximum atomic E-state index is 13.9. The van der Waals surface area contributed by atoms with Crippen LogP contribution in [0.15, 0.2) is 46.9 Å². The summed E-state index contributed by atoms with van der Waals surface area (Å²) in [5.41, 5.74) is 0.456. The number of fused-ring (bicyclic) bond motifs is 1. The zero-order chi connectivity index (χ0) is 23.2. The first-order valence-electron chi connectivity index (χ1n) is 9.17. The first-order chi connectivity index (χ1) is 15.0. The Labute approximate surface area is 204 Å². The minimum Gasteiger partial charge on any atom is -0.362 e. The average Bonchev–Trinajstić information content (AvgIpc) is 3.06. The lowest BCUT2D eigenvalue weighted by Gasteiger charge is -2.33. The van der Waals surface area contributed by atoms with Crippen LogP contribution < -0.4 is 10.6 Å². The van der Waals surface area contributed by atoms with E-state index in [-0.39, 0.29) is 33.7 Å². The first kappa shape index (κ1) is 23.2. The Balaban J connectivity index is 1.71. The molecule has 1 aliphatic heterocycles. The van der Waals surface area contributed by atoms with Gasteiger partial charge in [-0.3, -0.25) is 4.79 Å². The zero-order valence-corrected chi connectivity index (χ0v) is 19.7. The van der Waals surface area contributed by atoms with Gasteiger partial charge in [0, 0.05) is 15.9 Å². The summed E-state index contributed by atoms with van der Waals surface area (Å²) >= 11 is 21.6. The van der Waals surface area contributed by atoms with Gasteiger partial charge in [-0.05, 0) is 35.9 Å². The summed E-state index contributed by atoms with van der Waals surface area (Å²) in [4.78, 5) is 12.8. The number of alkyl halides is 3. The summed E-state index contributed by atoms with van der Waals surface area (Å²) in [6.45, 7) is 0. The molecule has 0 spiro atoms. The van der Waals surface area contributed by atoms with Gasteiger partial charge in [0.15, 0.2) is 11.7 Å². The molecule has 12 heteroatoms. The van der Waals surface area contributed by atoms with Gasteiger partial charge in [0.05, 0.1) is 16.8 Å². The minimum absolute atomic E-state index is 0.0875. The Morgan fingerprint density at radius 1 is 1.16 bits per heavy atom. The van der Waals surface area contributed by atoms with Gasteiger partial charge in [0.2, 0.25) is 0 Å². The number of carbonyl (C=O) groups is 1. The number of hydrogen-bond donors (Lipinski definition) is 2. The van der Waals surface area contributed by atoms with E-state index in [4.69, 9.17) is 34.8 Å². The molecule has 4 rings (SSSR count). The first-order valence-corrected chi connectivity index (χ1v) is 11.1. The van der Waals surface area contributed by atoms with Crippen LogP contribution in [-0.2, 0) is 0 Å². The largest absolute Gasteiger partial charge is 0.410 e. The van der Waals surface area contributed by atoms with E-state index < -0.39 is 24.2 Å². The van der Waals surface area contributed by atoms with Gasteiger partial charge in [-0.2, -0.15) is 18.3 Å². The molecule has 0 saturated carbocycles. The molecule has 2 atom stereocenters. The standard InChI is InChI=1S/C20H13BrCl3F3N4O/c21-10-3-1-9(2-4-10)13-8-15(20(25,26)27)31-18(28-13)16(24)17(30-31)19(32)29-14-7-11(22)5-6-12(14)23/h1-7,13,15,28H,8H2,(H,29,32). The maximum Gasteiger partial charge on any atom is 0.410 e. The number of halogens is 7. The SMILES string of the molecule is O=C(Nc1cc(Cl)ccc1Cl)c1nn2c(c1Cl)NC(c1ccc(Br)cc1)CC2C(F)(F)F. The molecule has 1 aliphatic rings. The van der Waals surface area contributed by atoms with Crippen molar-refractivity contribution in [2.75, 3.05) is 10.6 Å². The Kier molecular flexibility index (Phi) is 6.37. The third-order valence-corrected chi connectivity index (χ3v) is 6.41. The van der Waals surface area contributed by atoms with Crippen LogP contribution in [0.2, 0.25) is 15.1 Å². The summed E-state index contributed by atoms with van der Waals surface area (Å²) in [5.74, 6) is -0.903. The molecule has 32 heavy (non-hydrogen) atoms. The van der Waals surface area contributed by atoms with Crippen molar-refractivity contribution < 1.29 is 18.0 Å². The molecule has 0 bridgehead atoms. The van der Waals surface area contributed by atoms with Crippen molar-refractivity contribution in [2.45, 2.75) is 24.7 Å². The molecule has 2 heterocycles. The van der Waals surface area contributed by atoms with E-state index in [0.717, 1.165) is 4.47 Å². The molecular weight excluding hydrogens is 556 g/mol. The molecule has 3 aromatic rings. The second-order valence-electron chi connectivity index (χ2n) is 7.08. The fraction of sp³-hybridized carbons (Fsp3) is 0.200. The second kappa shape index (κ2) is 8.78. The quantitative estimate of drug-likeness (QED) is 0.344. The summed E-state index contributed by atoms with van der Waals surface area (Å²) in [7, 11) is 0. The van der Waals surface area contributed by atoms with E-state index in [1.807, 2.05) is 0 Å². The Morgan fingerprint density at radius 2 is 1.84 bits per heavy atom. The average molecular weight is 569 g/mol. The lowest BCUT2D eigenvalue weighted by Crippen LogP contribution is -2.35. The number of anilines is 2. The lowest BCUT2D eigenvalue weighted by molar-refractivity contribution is -0.173. The van der Waals surface area contributed by atoms with E-state index in [2.05, 4.69) is 31.7 Å². The molecular formula is C20H13BrCl3F3N4O. The van der Waals surface area contributed by atoms with Gasteiger partial charge < -0.3 is 10.6 Å². The summed E-state index contributed by atoms with van der Waals surface area (Å²) in [6.07, 6.45) is -4.93. The number of rotatable bonds is 3. The number of benzene rings is 2. The van der Waals surface area contributed by atoms with Gasteiger partial charge >= 0.3 is 6.18 Å². The van der Waals surface area contributed by atoms with Gasteiger partial charge in [-0.1, -0.05) is 62.9 Å². The number of amides is 1.